The number of hydrogen-bond acceptors (Lipinski definition) is 6. The van der Waals surface area contributed by atoms with E-state index in [0.717, 1.165) is 58.3 Å². The van der Waals surface area contributed by atoms with Crippen LogP contribution in [0, 0.1) is 0 Å². The van der Waals surface area contributed by atoms with Crippen LogP contribution < -0.4 is 4.74 Å². The van der Waals surface area contributed by atoms with Gasteiger partial charge < -0.3 is 14.5 Å². The lowest BCUT2D eigenvalue weighted by molar-refractivity contribution is 0.0572. The average molecular weight is 549 g/mol. The van der Waals surface area contributed by atoms with E-state index >= 15 is 0 Å². The van der Waals surface area contributed by atoms with Gasteiger partial charge in [0.2, 0.25) is 0 Å². The van der Waals surface area contributed by atoms with Crippen molar-refractivity contribution in [3.8, 4) is 17.0 Å². The molecule has 198 valence electrons. The van der Waals surface area contributed by atoms with E-state index in [2.05, 4.69) is 35.0 Å². The lowest BCUT2D eigenvalue weighted by Gasteiger charge is -2.39. The molecule has 0 N–H and O–H groups in total. The number of halogens is 1. The summed E-state index contributed by atoms with van der Waals surface area (Å²) in [5.74, 6) is 0.763. The maximum Gasteiger partial charge on any atom is 0.266 e. The highest BCUT2D eigenvalue weighted by Gasteiger charge is 2.33. The van der Waals surface area contributed by atoms with E-state index in [1.54, 1.807) is 18.6 Å². The Morgan fingerprint density at radius 2 is 1.84 bits per heavy atom. The number of aromatic nitrogens is 2. The molecule has 0 unspecified atom stereocenters. The van der Waals surface area contributed by atoms with Gasteiger partial charge in [0.25, 0.3) is 5.91 Å². The van der Waals surface area contributed by atoms with Gasteiger partial charge in [-0.15, -0.1) is 11.3 Å². The molecule has 1 amide bonds. The van der Waals surface area contributed by atoms with E-state index in [-0.39, 0.29) is 11.9 Å². The summed E-state index contributed by atoms with van der Waals surface area (Å²) < 4.78 is 7.04. The van der Waals surface area contributed by atoms with Gasteiger partial charge in [-0.3, -0.25) is 14.8 Å². The van der Waals surface area contributed by atoms with Crippen LogP contribution in [0.4, 0.5) is 0 Å². The second-order valence-electron chi connectivity index (χ2n) is 9.95. The van der Waals surface area contributed by atoms with Crippen LogP contribution in [0.25, 0.3) is 21.3 Å². The van der Waals surface area contributed by atoms with Crippen molar-refractivity contribution in [2.24, 2.45) is 0 Å². The molecule has 0 saturated heterocycles. The molecule has 0 bridgehead atoms. The maximum atomic E-state index is 14.3. The standard InChI is InChI=1S/C30H33ClN4O2S/c1-4-37-26-14-9-20(25-18-32-15-16-33-25)17-21(26)19-35(23-12-10-22(11-13-23)34(2)3)30(36)29-28(31)24-7-5-6-8-27(24)38-29/h5-9,14-18,22-23H,4,10-13,19H2,1-3H3/t22-,23-. The smallest absolute Gasteiger partial charge is 0.266 e. The first-order chi connectivity index (χ1) is 18.5. The van der Waals surface area contributed by atoms with E-state index in [4.69, 9.17) is 16.3 Å². The molecule has 2 aromatic carbocycles. The van der Waals surface area contributed by atoms with Crippen molar-refractivity contribution in [2.75, 3.05) is 20.7 Å². The molecule has 1 aliphatic rings. The Bertz CT molecular complexity index is 1400. The molecule has 0 aliphatic heterocycles. The summed E-state index contributed by atoms with van der Waals surface area (Å²) in [6.07, 6.45) is 9.11. The SMILES string of the molecule is CCOc1ccc(-c2cnccn2)cc1CN(C(=O)c1sc2ccccc2c1Cl)[C@H]1CC[C@H](N(C)C)CC1. The van der Waals surface area contributed by atoms with Gasteiger partial charge >= 0.3 is 0 Å². The molecule has 1 aliphatic carbocycles. The summed E-state index contributed by atoms with van der Waals surface area (Å²) in [5, 5.41) is 1.47. The Kier molecular flexibility index (Phi) is 8.27. The number of carbonyl (C=O) groups is 1. The summed E-state index contributed by atoms with van der Waals surface area (Å²) in [4.78, 5) is 27.9. The molecule has 1 saturated carbocycles. The predicted octanol–water partition coefficient (Wildman–Crippen LogP) is 6.93. The van der Waals surface area contributed by atoms with Gasteiger partial charge in [-0.2, -0.15) is 0 Å². The summed E-state index contributed by atoms with van der Waals surface area (Å²) in [7, 11) is 4.27. The number of amides is 1. The van der Waals surface area contributed by atoms with Crippen molar-refractivity contribution < 1.29 is 9.53 Å². The Balaban J connectivity index is 1.53. The largest absolute Gasteiger partial charge is 0.494 e. The van der Waals surface area contributed by atoms with Crippen LogP contribution in [0.2, 0.25) is 5.02 Å². The van der Waals surface area contributed by atoms with Gasteiger partial charge in [0.15, 0.2) is 0 Å². The van der Waals surface area contributed by atoms with E-state index in [0.29, 0.717) is 29.1 Å². The van der Waals surface area contributed by atoms with E-state index in [1.807, 2.05) is 48.2 Å². The molecule has 0 spiro atoms. The van der Waals surface area contributed by atoms with Crippen molar-refractivity contribution >= 4 is 38.9 Å². The molecule has 6 nitrogen and oxygen atoms in total. The quantitative estimate of drug-likeness (QED) is 0.239. The molecule has 0 radical (unpaired) electrons. The van der Waals surface area contributed by atoms with Crippen molar-refractivity contribution in [3.63, 3.8) is 0 Å². The average Bonchev–Trinajstić information content (AvgIpc) is 3.29. The monoisotopic (exact) mass is 548 g/mol. The number of rotatable bonds is 8. The van der Waals surface area contributed by atoms with Gasteiger partial charge in [0, 0.05) is 52.2 Å². The zero-order valence-electron chi connectivity index (χ0n) is 22.1. The van der Waals surface area contributed by atoms with Crippen LogP contribution in [-0.4, -0.2) is 58.5 Å². The number of hydrogen-bond donors (Lipinski definition) is 0. The van der Waals surface area contributed by atoms with Crippen molar-refractivity contribution in [2.45, 2.75) is 51.2 Å². The highest BCUT2D eigenvalue weighted by Crippen LogP contribution is 2.38. The fraction of sp³-hybridized carbons (Fsp3) is 0.367. The molecule has 2 aromatic heterocycles. The minimum atomic E-state index is -0.0168. The van der Waals surface area contributed by atoms with Crippen molar-refractivity contribution in [1.82, 2.24) is 19.8 Å². The maximum absolute atomic E-state index is 14.3. The fourth-order valence-corrected chi connectivity index (χ4v) is 6.79. The minimum Gasteiger partial charge on any atom is -0.494 e. The highest BCUT2D eigenvalue weighted by atomic mass is 35.5. The normalized spacial score (nSPS) is 17.6. The zero-order chi connectivity index (χ0) is 26.6. The Hall–Kier alpha value is -3.00. The third-order valence-electron chi connectivity index (χ3n) is 7.39. The first kappa shape index (κ1) is 26.6. The molecule has 2 heterocycles. The van der Waals surface area contributed by atoms with Gasteiger partial charge in [-0.1, -0.05) is 29.8 Å². The van der Waals surface area contributed by atoms with Crippen molar-refractivity contribution in [3.05, 3.63) is 76.5 Å². The number of benzene rings is 2. The van der Waals surface area contributed by atoms with Gasteiger partial charge in [-0.25, -0.2) is 0 Å². The molecular formula is C30H33ClN4O2S. The second kappa shape index (κ2) is 11.8. The van der Waals surface area contributed by atoms with Gasteiger partial charge in [0.05, 0.1) is 23.5 Å². The van der Waals surface area contributed by atoms with E-state index in [9.17, 15) is 4.79 Å². The summed E-state index contributed by atoms with van der Waals surface area (Å²) >= 11 is 8.28. The predicted molar refractivity (Wildman–Crippen MR) is 155 cm³/mol. The molecule has 0 atom stereocenters. The van der Waals surface area contributed by atoms with Crippen LogP contribution in [0.1, 0.15) is 47.8 Å². The van der Waals surface area contributed by atoms with E-state index in [1.165, 1.54) is 11.3 Å². The number of thiophene rings is 1. The summed E-state index contributed by atoms with van der Waals surface area (Å²) in [5.41, 5.74) is 2.68. The Morgan fingerprint density at radius 3 is 2.53 bits per heavy atom. The van der Waals surface area contributed by atoms with Crippen LogP contribution >= 0.6 is 22.9 Å². The summed E-state index contributed by atoms with van der Waals surface area (Å²) in [6, 6.07) is 14.6. The third-order valence-corrected chi connectivity index (χ3v) is 9.05. The molecule has 1 fully saturated rings. The lowest BCUT2D eigenvalue weighted by atomic mass is 9.89. The van der Waals surface area contributed by atoms with Gasteiger partial charge in [-0.05, 0) is 71.0 Å². The van der Waals surface area contributed by atoms with Crippen LogP contribution in [0.5, 0.6) is 5.75 Å². The topological polar surface area (TPSA) is 58.6 Å². The molecule has 5 rings (SSSR count). The fourth-order valence-electron chi connectivity index (χ4n) is 5.33. The van der Waals surface area contributed by atoms with Gasteiger partial charge in [0.1, 0.15) is 10.6 Å². The second-order valence-corrected chi connectivity index (χ2v) is 11.4. The Labute approximate surface area is 233 Å². The first-order valence-electron chi connectivity index (χ1n) is 13.1. The summed E-state index contributed by atoms with van der Waals surface area (Å²) in [6.45, 7) is 2.95. The van der Waals surface area contributed by atoms with Crippen molar-refractivity contribution in [1.29, 1.82) is 0 Å². The first-order valence-corrected chi connectivity index (χ1v) is 14.3. The molecule has 38 heavy (non-hydrogen) atoms. The highest BCUT2D eigenvalue weighted by molar-refractivity contribution is 7.21. The minimum absolute atomic E-state index is 0.0168. The van der Waals surface area contributed by atoms with Crippen LogP contribution in [0.15, 0.2) is 61.1 Å². The number of carbonyl (C=O) groups excluding carboxylic acids is 1. The Morgan fingerprint density at radius 1 is 1.08 bits per heavy atom. The number of fused-ring (bicyclic) bond motifs is 1. The van der Waals surface area contributed by atoms with E-state index < -0.39 is 0 Å². The number of nitrogens with zero attached hydrogens (tertiary/aromatic N) is 4. The zero-order valence-corrected chi connectivity index (χ0v) is 23.6. The molecular weight excluding hydrogens is 516 g/mol. The van der Waals surface area contributed by atoms with Crippen LogP contribution in [0.3, 0.4) is 0 Å². The molecule has 8 heteroatoms. The number of ether oxygens (including phenoxy) is 1. The third kappa shape index (κ3) is 5.55. The lowest BCUT2D eigenvalue weighted by Crippen LogP contribution is -2.44. The van der Waals surface area contributed by atoms with Crippen LogP contribution in [-0.2, 0) is 6.54 Å². The molecule has 4 aromatic rings.